The summed E-state index contributed by atoms with van der Waals surface area (Å²) in [6.45, 7) is 2.04. The quantitative estimate of drug-likeness (QED) is 0.896. The molecule has 0 aliphatic carbocycles. The van der Waals surface area contributed by atoms with Gasteiger partial charge in [0.2, 0.25) is 0 Å². The monoisotopic (exact) mass is 255 g/mol. The average Bonchev–Trinajstić information content (AvgIpc) is 2.77. The molecular formula is C13H18ClNO2. The number of nitrogens with zero attached hydrogens (tertiary/aromatic N) is 1. The third kappa shape index (κ3) is 2.92. The molecule has 0 radical (unpaired) electrons. The molecule has 1 aromatic rings. The molecule has 1 atom stereocenters. The third-order valence-electron chi connectivity index (χ3n) is 3.33. The van der Waals surface area contributed by atoms with Gasteiger partial charge in [-0.3, -0.25) is 4.90 Å². The second kappa shape index (κ2) is 5.71. The lowest BCUT2D eigenvalue weighted by molar-refractivity contribution is 0.152. The Kier molecular flexibility index (Phi) is 4.26. The zero-order valence-electron chi connectivity index (χ0n) is 10.0. The van der Waals surface area contributed by atoms with E-state index in [4.69, 9.17) is 16.3 Å². The molecule has 0 spiro atoms. The number of aliphatic hydroxyl groups is 1. The number of hydrogen-bond acceptors (Lipinski definition) is 3. The third-order valence-corrected chi connectivity index (χ3v) is 3.56. The number of rotatable bonds is 4. The summed E-state index contributed by atoms with van der Waals surface area (Å²) in [7, 11) is 1.67. The van der Waals surface area contributed by atoms with Gasteiger partial charge in [-0.25, -0.2) is 0 Å². The minimum absolute atomic E-state index is 0.225. The number of halogens is 1. The van der Waals surface area contributed by atoms with Crippen LogP contribution in [0.5, 0.6) is 5.75 Å². The van der Waals surface area contributed by atoms with E-state index in [1.165, 1.54) is 0 Å². The Labute approximate surface area is 107 Å². The van der Waals surface area contributed by atoms with E-state index >= 15 is 0 Å². The number of aliphatic hydroxyl groups excluding tert-OH is 1. The van der Waals surface area contributed by atoms with Crippen molar-refractivity contribution in [3.8, 4) is 5.75 Å². The van der Waals surface area contributed by atoms with E-state index in [9.17, 15) is 5.11 Å². The molecule has 4 heteroatoms. The molecule has 0 saturated carbocycles. The van der Waals surface area contributed by atoms with Gasteiger partial charge in [0.15, 0.2) is 0 Å². The van der Waals surface area contributed by atoms with Gasteiger partial charge in [-0.15, -0.1) is 0 Å². The molecule has 1 fully saturated rings. The Balaban J connectivity index is 2.14. The summed E-state index contributed by atoms with van der Waals surface area (Å²) < 4.78 is 5.33. The highest BCUT2D eigenvalue weighted by Crippen LogP contribution is 2.27. The molecule has 94 valence electrons. The lowest BCUT2D eigenvalue weighted by atomic mass is 10.1. The molecule has 0 aromatic heterocycles. The lowest BCUT2D eigenvalue weighted by Gasteiger charge is -2.23. The maximum absolute atomic E-state index is 9.30. The van der Waals surface area contributed by atoms with Gasteiger partial charge in [0.05, 0.1) is 13.7 Å². The van der Waals surface area contributed by atoms with Gasteiger partial charge in [-0.1, -0.05) is 11.6 Å². The standard InChI is InChI=1S/C13H18ClNO2/c1-17-13-5-4-11(14)7-10(13)8-15-6-2-3-12(15)9-16/h4-5,7,12,16H,2-3,6,8-9H2,1H3. The first kappa shape index (κ1) is 12.7. The summed E-state index contributed by atoms with van der Waals surface area (Å²) in [4.78, 5) is 2.29. The maximum Gasteiger partial charge on any atom is 0.123 e. The van der Waals surface area contributed by atoms with Gasteiger partial charge in [-0.05, 0) is 37.6 Å². The van der Waals surface area contributed by atoms with Crippen LogP contribution in [0.25, 0.3) is 0 Å². The van der Waals surface area contributed by atoms with Gasteiger partial charge in [0.25, 0.3) is 0 Å². The number of likely N-dealkylation sites (tertiary alicyclic amines) is 1. The lowest BCUT2D eigenvalue weighted by Crippen LogP contribution is -2.31. The first-order valence-electron chi connectivity index (χ1n) is 5.92. The Hall–Kier alpha value is -0.770. The number of ether oxygens (including phenoxy) is 1. The number of benzene rings is 1. The summed E-state index contributed by atoms with van der Waals surface area (Å²) in [6.07, 6.45) is 2.22. The van der Waals surface area contributed by atoms with Crippen molar-refractivity contribution in [3.63, 3.8) is 0 Å². The average molecular weight is 256 g/mol. The van der Waals surface area contributed by atoms with Crippen molar-refractivity contribution >= 4 is 11.6 Å². The van der Waals surface area contributed by atoms with E-state index in [2.05, 4.69) is 4.90 Å². The molecule has 2 rings (SSSR count). The largest absolute Gasteiger partial charge is 0.496 e. The number of methoxy groups -OCH3 is 1. The van der Waals surface area contributed by atoms with Crippen LogP contribution in [0, 0.1) is 0 Å². The van der Waals surface area contributed by atoms with Crippen molar-refractivity contribution in [2.24, 2.45) is 0 Å². The van der Waals surface area contributed by atoms with E-state index in [1.807, 2.05) is 18.2 Å². The molecule has 1 aliphatic heterocycles. The minimum atomic E-state index is 0.225. The molecule has 0 bridgehead atoms. The summed E-state index contributed by atoms with van der Waals surface area (Å²) in [6, 6.07) is 5.94. The molecule has 1 aliphatic rings. The predicted molar refractivity (Wildman–Crippen MR) is 68.5 cm³/mol. The topological polar surface area (TPSA) is 32.7 Å². The van der Waals surface area contributed by atoms with Crippen LogP contribution in [-0.2, 0) is 6.54 Å². The molecule has 17 heavy (non-hydrogen) atoms. The smallest absolute Gasteiger partial charge is 0.123 e. The van der Waals surface area contributed by atoms with Crippen molar-refractivity contribution in [1.82, 2.24) is 4.90 Å². The fourth-order valence-corrected chi connectivity index (χ4v) is 2.59. The van der Waals surface area contributed by atoms with Crippen molar-refractivity contribution in [3.05, 3.63) is 28.8 Å². The van der Waals surface area contributed by atoms with Crippen LogP contribution >= 0.6 is 11.6 Å². The van der Waals surface area contributed by atoms with Crippen LogP contribution in [0.4, 0.5) is 0 Å². The highest BCUT2D eigenvalue weighted by Gasteiger charge is 2.24. The van der Waals surface area contributed by atoms with Gasteiger partial charge >= 0.3 is 0 Å². The van der Waals surface area contributed by atoms with Crippen molar-refractivity contribution < 1.29 is 9.84 Å². The molecule has 1 aromatic carbocycles. The van der Waals surface area contributed by atoms with Crippen LogP contribution in [0.15, 0.2) is 18.2 Å². The van der Waals surface area contributed by atoms with Crippen molar-refractivity contribution in [1.29, 1.82) is 0 Å². The normalized spacial score (nSPS) is 20.8. The predicted octanol–water partition coefficient (Wildman–Crippen LogP) is 2.31. The maximum atomic E-state index is 9.30. The molecule has 1 heterocycles. The van der Waals surface area contributed by atoms with Crippen LogP contribution in [0.1, 0.15) is 18.4 Å². The molecule has 0 amide bonds. The van der Waals surface area contributed by atoms with Gasteiger partial charge < -0.3 is 9.84 Å². The summed E-state index contributed by atoms with van der Waals surface area (Å²) in [5.74, 6) is 0.859. The fourth-order valence-electron chi connectivity index (χ4n) is 2.40. The van der Waals surface area contributed by atoms with E-state index in [0.717, 1.165) is 42.3 Å². The SMILES string of the molecule is COc1ccc(Cl)cc1CN1CCCC1CO. The van der Waals surface area contributed by atoms with Crippen LogP contribution < -0.4 is 4.74 Å². The molecule has 1 N–H and O–H groups in total. The fraction of sp³-hybridized carbons (Fsp3) is 0.538. The van der Waals surface area contributed by atoms with E-state index in [-0.39, 0.29) is 12.6 Å². The molecule has 3 nitrogen and oxygen atoms in total. The van der Waals surface area contributed by atoms with Gasteiger partial charge in [0, 0.05) is 23.2 Å². The van der Waals surface area contributed by atoms with E-state index in [1.54, 1.807) is 7.11 Å². The summed E-state index contributed by atoms with van der Waals surface area (Å²) >= 11 is 6.01. The second-order valence-corrected chi connectivity index (χ2v) is 4.84. The van der Waals surface area contributed by atoms with Crippen LogP contribution in [0.3, 0.4) is 0 Å². The highest BCUT2D eigenvalue weighted by molar-refractivity contribution is 6.30. The molecular weight excluding hydrogens is 238 g/mol. The summed E-state index contributed by atoms with van der Waals surface area (Å²) in [5.41, 5.74) is 1.08. The molecule has 1 unspecified atom stereocenters. The van der Waals surface area contributed by atoms with Gasteiger partial charge in [-0.2, -0.15) is 0 Å². The first-order valence-corrected chi connectivity index (χ1v) is 6.29. The highest BCUT2D eigenvalue weighted by atomic mass is 35.5. The number of hydrogen-bond donors (Lipinski definition) is 1. The Morgan fingerprint density at radius 2 is 2.35 bits per heavy atom. The Morgan fingerprint density at radius 1 is 1.53 bits per heavy atom. The second-order valence-electron chi connectivity index (χ2n) is 4.41. The Bertz CT molecular complexity index is 384. The molecule has 1 saturated heterocycles. The van der Waals surface area contributed by atoms with Crippen molar-refractivity contribution in [2.75, 3.05) is 20.3 Å². The van der Waals surface area contributed by atoms with E-state index < -0.39 is 0 Å². The van der Waals surface area contributed by atoms with E-state index in [0.29, 0.717) is 0 Å². The van der Waals surface area contributed by atoms with Crippen LogP contribution in [-0.4, -0.2) is 36.3 Å². The zero-order chi connectivity index (χ0) is 12.3. The van der Waals surface area contributed by atoms with Crippen LogP contribution in [0.2, 0.25) is 5.02 Å². The zero-order valence-corrected chi connectivity index (χ0v) is 10.8. The van der Waals surface area contributed by atoms with Gasteiger partial charge in [0.1, 0.15) is 5.75 Å². The summed E-state index contributed by atoms with van der Waals surface area (Å²) in [5, 5.41) is 10.0. The Morgan fingerprint density at radius 3 is 3.06 bits per heavy atom. The first-order chi connectivity index (χ1) is 8.24. The van der Waals surface area contributed by atoms with Crippen molar-refractivity contribution in [2.45, 2.75) is 25.4 Å². The minimum Gasteiger partial charge on any atom is -0.496 e.